The molecule has 0 saturated heterocycles. The topological polar surface area (TPSA) is 99.0 Å². The molecular formula is C24H30N4O4. The van der Waals surface area contributed by atoms with Crippen molar-refractivity contribution in [2.24, 2.45) is 0 Å². The standard InChI is InChI=1S/C24H30N4O4/c1-3-14-28-23(30)20-22(26-21(25-20)18-8-4-5-9-18)27(24(28)31)15-6-7-17-10-12-19(13-11-17)32-16(2)29/h10-13,18H,3-9,14-15H2,1-2H3,(H,25,26). The number of carbonyl (C=O) groups is 1. The third kappa shape index (κ3) is 4.54. The number of hydrogen-bond donors (Lipinski definition) is 1. The van der Waals surface area contributed by atoms with Crippen LogP contribution in [0.25, 0.3) is 11.2 Å². The summed E-state index contributed by atoms with van der Waals surface area (Å²) in [5.74, 6) is 1.33. The van der Waals surface area contributed by atoms with Gasteiger partial charge in [0.05, 0.1) is 0 Å². The van der Waals surface area contributed by atoms with Crippen molar-refractivity contribution in [1.82, 2.24) is 19.1 Å². The number of aromatic amines is 1. The molecule has 0 spiro atoms. The molecule has 8 heteroatoms. The number of hydrogen-bond acceptors (Lipinski definition) is 5. The molecule has 0 aliphatic heterocycles. The number of rotatable bonds is 8. The van der Waals surface area contributed by atoms with Crippen LogP contribution < -0.4 is 16.0 Å². The largest absolute Gasteiger partial charge is 0.427 e. The summed E-state index contributed by atoms with van der Waals surface area (Å²) in [7, 11) is 0. The SMILES string of the molecule is CCCn1c(=O)c2[nH]c(C3CCCC3)nc2n(CCCc2ccc(OC(C)=O)cc2)c1=O. The number of ether oxygens (including phenoxy) is 1. The van der Waals surface area contributed by atoms with Crippen LogP contribution in [0.15, 0.2) is 33.9 Å². The molecule has 1 aromatic carbocycles. The second kappa shape index (κ2) is 9.54. The Balaban J connectivity index is 1.59. The molecule has 0 bridgehead atoms. The fraction of sp³-hybridized carbons (Fsp3) is 0.500. The van der Waals surface area contributed by atoms with E-state index in [1.54, 1.807) is 16.7 Å². The molecule has 1 N–H and O–H groups in total. The van der Waals surface area contributed by atoms with Gasteiger partial charge < -0.3 is 9.72 Å². The van der Waals surface area contributed by atoms with Crippen molar-refractivity contribution >= 4 is 17.1 Å². The number of fused-ring (bicyclic) bond motifs is 1. The minimum Gasteiger partial charge on any atom is -0.427 e. The molecule has 4 rings (SSSR count). The zero-order valence-corrected chi connectivity index (χ0v) is 18.7. The normalized spacial score (nSPS) is 14.3. The molecule has 1 saturated carbocycles. The van der Waals surface area contributed by atoms with Gasteiger partial charge in [0.1, 0.15) is 17.1 Å². The third-order valence-electron chi connectivity index (χ3n) is 6.10. The van der Waals surface area contributed by atoms with E-state index in [0.717, 1.165) is 37.1 Å². The first-order chi connectivity index (χ1) is 15.5. The minimum atomic E-state index is -0.348. The number of H-pyrrole nitrogens is 1. The number of benzene rings is 1. The lowest BCUT2D eigenvalue weighted by atomic mass is 10.1. The Hall–Kier alpha value is -3.16. The average molecular weight is 439 g/mol. The zero-order valence-electron chi connectivity index (χ0n) is 18.7. The van der Waals surface area contributed by atoms with Crippen LogP contribution in [0.2, 0.25) is 0 Å². The van der Waals surface area contributed by atoms with Gasteiger partial charge in [0.25, 0.3) is 5.56 Å². The molecule has 3 aromatic rings. The molecule has 0 unspecified atom stereocenters. The number of esters is 1. The molecule has 0 atom stereocenters. The van der Waals surface area contributed by atoms with Crippen LogP contribution in [0.3, 0.4) is 0 Å². The highest BCUT2D eigenvalue weighted by Gasteiger charge is 2.23. The van der Waals surface area contributed by atoms with Crippen LogP contribution in [0.4, 0.5) is 0 Å². The van der Waals surface area contributed by atoms with Gasteiger partial charge in [-0.15, -0.1) is 0 Å². The maximum absolute atomic E-state index is 13.1. The highest BCUT2D eigenvalue weighted by Crippen LogP contribution is 2.32. The zero-order chi connectivity index (χ0) is 22.7. The van der Waals surface area contributed by atoms with Gasteiger partial charge in [0, 0.05) is 25.9 Å². The first kappa shape index (κ1) is 22.0. The van der Waals surface area contributed by atoms with Crippen molar-refractivity contribution in [3.8, 4) is 5.75 Å². The first-order valence-corrected chi connectivity index (χ1v) is 11.5. The predicted octanol–water partition coefficient (Wildman–Crippen LogP) is 3.51. The van der Waals surface area contributed by atoms with E-state index in [-0.39, 0.29) is 17.2 Å². The quantitative estimate of drug-likeness (QED) is 0.429. The Labute approximate surface area is 186 Å². The lowest BCUT2D eigenvalue weighted by Crippen LogP contribution is -2.40. The van der Waals surface area contributed by atoms with E-state index in [4.69, 9.17) is 9.72 Å². The van der Waals surface area contributed by atoms with Crippen LogP contribution in [0.1, 0.15) is 69.7 Å². The van der Waals surface area contributed by atoms with Gasteiger partial charge in [0.2, 0.25) is 0 Å². The second-order valence-electron chi connectivity index (χ2n) is 8.53. The van der Waals surface area contributed by atoms with Crippen molar-refractivity contribution in [1.29, 1.82) is 0 Å². The highest BCUT2D eigenvalue weighted by atomic mass is 16.5. The smallest absolute Gasteiger partial charge is 0.332 e. The van der Waals surface area contributed by atoms with Gasteiger partial charge in [-0.05, 0) is 49.8 Å². The predicted molar refractivity (Wildman–Crippen MR) is 122 cm³/mol. The van der Waals surface area contributed by atoms with Gasteiger partial charge >= 0.3 is 11.7 Å². The van der Waals surface area contributed by atoms with E-state index >= 15 is 0 Å². The maximum atomic E-state index is 13.1. The Morgan fingerprint density at radius 2 is 1.84 bits per heavy atom. The number of aryl methyl sites for hydroxylation is 2. The number of nitrogens with zero attached hydrogens (tertiary/aromatic N) is 3. The molecule has 32 heavy (non-hydrogen) atoms. The van der Waals surface area contributed by atoms with E-state index < -0.39 is 0 Å². The van der Waals surface area contributed by atoms with Crippen LogP contribution in [-0.2, 0) is 24.3 Å². The van der Waals surface area contributed by atoms with E-state index in [1.807, 2.05) is 19.1 Å². The van der Waals surface area contributed by atoms with E-state index in [9.17, 15) is 14.4 Å². The molecule has 170 valence electrons. The van der Waals surface area contributed by atoms with Crippen LogP contribution in [-0.4, -0.2) is 25.1 Å². The molecular weight excluding hydrogens is 408 g/mol. The summed E-state index contributed by atoms with van der Waals surface area (Å²) < 4.78 is 8.04. The van der Waals surface area contributed by atoms with Crippen LogP contribution >= 0.6 is 0 Å². The summed E-state index contributed by atoms with van der Waals surface area (Å²) in [5.41, 5.74) is 1.42. The number of nitrogens with one attached hydrogen (secondary N) is 1. The van der Waals surface area contributed by atoms with Crippen LogP contribution in [0, 0.1) is 0 Å². The highest BCUT2D eigenvalue weighted by molar-refractivity contribution is 5.70. The molecule has 2 aromatic heterocycles. The fourth-order valence-corrected chi connectivity index (χ4v) is 4.53. The van der Waals surface area contributed by atoms with Gasteiger partial charge in [-0.2, -0.15) is 0 Å². The van der Waals surface area contributed by atoms with Crippen LogP contribution in [0.5, 0.6) is 5.75 Å². The van der Waals surface area contributed by atoms with Crippen molar-refractivity contribution in [2.75, 3.05) is 0 Å². The Kier molecular flexibility index (Phi) is 6.58. The summed E-state index contributed by atoms with van der Waals surface area (Å²) in [6, 6.07) is 7.37. The number of imidazole rings is 1. The van der Waals surface area contributed by atoms with Gasteiger partial charge in [0.15, 0.2) is 5.65 Å². The molecule has 1 aliphatic carbocycles. The second-order valence-corrected chi connectivity index (χ2v) is 8.53. The fourth-order valence-electron chi connectivity index (χ4n) is 4.53. The van der Waals surface area contributed by atoms with Gasteiger partial charge in [-0.3, -0.25) is 18.7 Å². The molecule has 1 fully saturated rings. The molecule has 0 amide bonds. The molecule has 8 nitrogen and oxygen atoms in total. The Morgan fingerprint density at radius 3 is 2.50 bits per heavy atom. The Bertz CT molecular complexity index is 1210. The number of carbonyl (C=O) groups excluding carboxylic acids is 1. The monoisotopic (exact) mass is 438 g/mol. The molecule has 1 aliphatic rings. The summed E-state index contributed by atoms with van der Waals surface area (Å²) in [6.45, 7) is 4.19. The average Bonchev–Trinajstić information content (AvgIpc) is 3.44. The third-order valence-corrected chi connectivity index (χ3v) is 6.10. The van der Waals surface area contributed by atoms with Crippen molar-refractivity contribution in [3.63, 3.8) is 0 Å². The lowest BCUT2D eigenvalue weighted by Gasteiger charge is -2.11. The lowest BCUT2D eigenvalue weighted by molar-refractivity contribution is -0.131. The minimum absolute atomic E-state index is 0.277. The maximum Gasteiger partial charge on any atom is 0.332 e. The first-order valence-electron chi connectivity index (χ1n) is 11.5. The van der Waals surface area contributed by atoms with E-state index in [0.29, 0.717) is 42.3 Å². The summed E-state index contributed by atoms with van der Waals surface area (Å²) >= 11 is 0. The molecule has 0 radical (unpaired) electrons. The van der Waals surface area contributed by atoms with E-state index in [2.05, 4.69) is 4.98 Å². The van der Waals surface area contributed by atoms with Gasteiger partial charge in [-0.25, -0.2) is 9.78 Å². The van der Waals surface area contributed by atoms with E-state index in [1.165, 1.54) is 24.3 Å². The number of aromatic nitrogens is 4. The van der Waals surface area contributed by atoms with Gasteiger partial charge in [-0.1, -0.05) is 31.9 Å². The molecule has 2 heterocycles. The van der Waals surface area contributed by atoms with Crippen molar-refractivity contribution in [2.45, 2.75) is 77.8 Å². The summed E-state index contributed by atoms with van der Waals surface area (Å²) in [6.07, 6.45) is 6.65. The van der Waals surface area contributed by atoms with Crippen molar-refractivity contribution < 1.29 is 9.53 Å². The Morgan fingerprint density at radius 1 is 1.12 bits per heavy atom. The summed E-state index contributed by atoms with van der Waals surface area (Å²) in [4.78, 5) is 45.2. The van der Waals surface area contributed by atoms with Crippen molar-refractivity contribution in [3.05, 3.63) is 56.5 Å². The summed E-state index contributed by atoms with van der Waals surface area (Å²) in [5, 5.41) is 0.